The summed E-state index contributed by atoms with van der Waals surface area (Å²) in [7, 11) is -7.33. The third-order valence-electron chi connectivity index (χ3n) is 0.460. The van der Waals surface area contributed by atoms with E-state index in [1.807, 2.05) is 0 Å². The van der Waals surface area contributed by atoms with E-state index in [9.17, 15) is 16.8 Å². The fourth-order valence-electron chi connectivity index (χ4n) is 0.202. The summed E-state index contributed by atoms with van der Waals surface area (Å²) >= 11 is 0. The molecule has 0 heterocycles. The summed E-state index contributed by atoms with van der Waals surface area (Å²) in [5.41, 5.74) is 0. The molecule has 0 aromatic heterocycles. The minimum atomic E-state index is -3.67. The molecule has 18 heavy (non-hydrogen) atoms. The van der Waals surface area contributed by atoms with Crippen molar-refractivity contribution in [3.05, 3.63) is 0 Å². The standard InChI is InChI=1S/C6H6O2.2CH4O3S/c7-5-3-1-2-4-6-8;2*1-5(2,3)4/h7-8H,1,6H2;2*1H3,(H,2,3,4). The van der Waals surface area contributed by atoms with Gasteiger partial charge in [-0.2, -0.15) is 16.8 Å². The topological polar surface area (TPSA) is 149 Å². The van der Waals surface area contributed by atoms with Crippen molar-refractivity contribution in [1.82, 2.24) is 0 Å². The van der Waals surface area contributed by atoms with Crippen molar-refractivity contribution >= 4 is 20.2 Å². The van der Waals surface area contributed by atoms with Crippen LogP contribution in [0.25, 0.3) is 0 Å². The van der Waals surface area contributed by atoms with Gasteiger partial charge in [0.1, 0.15) is 12.7 Å². The maximum atomic E-state index is 9.19. The smallest absolute Gasteiger partial charge is 0.261 e. The van der Waals surface area contributed by atoms with Gasteiger partial charge in [-0.05, 0) is 5.92 Å². The first-order valence-corrected chi connectivity index (χ1v) is 7.65. The lowest BCUT2D eigenvalue weighted by molar-refractivity contribution is 0.350. The van der Waals surface area contributed by atoms with Crippen molar-refractivity contribution < 1.29 is 36.2 Å². The molecule has 0 radical (unpaired) electrons. The summed E-state index contributed by atoms with van der Waals surface area (Å²) in [5.74, 6) is 7.18. The third kappa shape index (κ3) is 202. The van der Waals surface area contributed by atoms with Gasteiger partial charge in [0.15, 0.2) is 0 Å². The first-order chi connectivity index (χ1) is 7.91. The molecule has 0 aromatic carbocycles. The molecule has 0 unspecified atom stereocenters. The normalized spacial score (nSPS) is 8.94. The molecule has 8 nitrogen and oxygen atoms in total. The zero-order chi connectivity index (χ0) is 15.2. The molecule has 0 atom stereocenters. The van der Waals surface area contributed by atoms with Gasteiger partial charge in [-0.15, -0.1) is 0 Å². The van der Waals surface area contributed by atoms with Crippen LogP contribution < -0.4 is 0 Å². The number of rotatable bonds is 0. The summed E-state index contributed by atoms with van der Waals surface area (Å²) in [6, 6.07) is 0. The Morgan fingerprint density at radius 2 is 1.22 bits per heavy atom. The van der Waals surface area contributed by atoms with E-state index in [0.29, 0.717) is 18.9 Å². The van der Waals surface area contributed by atoms with E-state index in [4.69, 9.17) is 19.3 Å². The van der Waals surface area contributed by atoms with Crippen LogP contribution in [0.2, 0.25) is 0 Å². The Morgan fingerprint density at radius 1 is 0.889 bits per heavy atom. The molecule has 0 rings (SSSR count). The summed E-state index contributed by atoms with van der Waals surface area (Å²) in [4.78, 5) is 0. The minimum Gasteiger partial charge on any atom is -0.462 e. The third-order valence-corrected chi connectivity index (χ3v) is 0.460. The van der Waals surface area contributed by atoms with Gasteiger partial charge in [-0.3, -0.25) is 9.11 Å². The second-order valence-corrected chi connectivity index (χ2v) is 5.38. The van der Waals surface area contributed by atoms with Crippen molar-refractivity contribution in [1.29, 1.82) is 0 Å². The highest BCUT2D eigenvalue weighted by Gasteiger charge is 1.82. The molecular formula is C8H14O8S2. The Hall–Kier alpha value is -1.30. The first-order valence-electron chi connectivity index (χ1n) is 3.95. The van der Waals surface area contributed by atoms with Crippen LogP contribution in [-0.2, 0) is 20.2 Å². The number of hydrogen-bond donors (Lipinski definition) is 4. The van der Waals surface area contributed by atoms with Crippen LogP contribution in [0.5, 0.6) is 0 Å². The molecule has 0 amide bonds. The summed E-state index contributed by atoms with van der Waals surface area (Å²) < 4.78 is 51.7. The lowest BCUT2D eigenvalue weighted by atomic mass is 10.4. The molecule has 0 fully saturated rings. The molecule has 0 saturated carbocycles. The van der Waals surface area contributed by atoms with Gasteiger partial charge in [0.25, 0.3) is 20.2 Å². The second kappa shape index (κ2) is 12.2. The van der Waals surface area contributed by atoms with Crippen LogP contribution in [0.4, 0.5) is 0 Å². The highest BCUT2D eigenvalue weighted by atomic mass is 32.2. The molecular weight excluding hydrogens is 288 g/mol. The maximum absolute atomic E-state index is 9.19. The summed E-state index contributed by atoms with van der Waals surface area (Å²) in [6.45, 7) is -0.146. The average Bonchev–Trinajstić information content (AvgIpc) is 2.07. The fourth-order valence-corrected chi connectivity index (χ4v) is 0.202. The average molecular weight is 302 g/mol. The van der Waals surface area contributed by atoms with Crippen LogP contribution in [-0.4, -0.2) is 55.3 Å². The van der Waals surface area contributed by atoms with Crippen LogP contribution in [0, 0.1) is 23.9 Å². The van der Waals surface area contributed by atoms with Gasteiger partial charge in [-0.25, -0.2) is 0 Å². The van der Waals surface area contributed by atoms with Crippen LogP contribution in [0.1, 0.15) is 6.42 Å². The zero-order valence-electron chi connectivity index (χ0n) is 9.65. The number of aliphatic hydroxyl groups is 2. The lowest BCUT2D eigenvalue weighted by Crippen LogP contribution is -1.88. The van der Waals surface area contributed by atoms with Gasteiger partial charge in [0.05, 0.1) is 18.9 Å². The van der Waals surface area contributed by atoms with Gasteiger partial charge in [0.2, 0.25) is 0 Å². The van der Waals surface area contributed by atoms with E-state index in [-0.39, 0.29) is 6.61 Å². The molecule has 0 aliphatic heterocycles. The molecule has 0 aliphatic rings. The van der Waals surface area contributed by atoms with Crippen LogP contribution in [0.15, 0.2) is 0 Å². The molecule has 4 N–H and O–H groups in total. The quantitative estimate of drug-likeness (QED) is 0.319. The number of hydrogen-bond acceptors (Lipinski definition) is 6. The highest BCUT2D eigenvalue weighted by molar-refractivity contribution is 7.85. The molecule has 0 bridgehead atoms. The van der Waals surface area contributed by atoms with Gasteiger partial charge in [0, 0.05) is 0 Å². The Kier molecular flexibility index (Phi) is 14.8. The van der Waals surface area contributed by atoms with E-state index in [1.165, 1.54) is 0 Å². The molecule has 0 spiro atoms. The van der Waals surface area contributed by atoms with Crippen molar-refractivity contribution in [2.75, 3.05) is 19.1 Å². The SMILES string of the molecule is CS(=O)(=O)O.CS(=O)(=O)O.OC#CCC#CCO. The van der Waals surface area contributed by atoms with Crippen LogP contribution in [0.3, 0.4) is 0 Å². The number of aliphatic hydroxyl groups excluding tert-OH is 2. The van der Waals surface area contributed by atoms with Crippen molar-refractivity contribution in [3.63, 3.8) is 0 Å². The van der Waals surface area contributed by atoms with E-state index in [1.54, 1.807) is 6.11 Å². The molecule has 0 aromatic rings. The summed E-state index contributed by atoms with van der Waals surface area (Å²) in [5, 5.41) is 16.0. The Morgan fingerprint density at radius 3 is 1.44 bits per heavy atom. The Bertz CT molecular complexity index is 463. The van der Waals surface area contributed by atoms with Gasteiger partial charge >= 0.3 is 0 Å². The Balaban J connectivity index is -0.000000197. The predicted octanol–water partition coefficient (Wildman–Crippen LogP) is -1.29. The Labute approximate surface area is 106 Å². The fraction of sp³-hybridized carbons (Fsp3) is 0.500. The second-order valence-electron chi connectivity index (χ2n) is 2.44. The highest BCUT2D eigenvalue weighted by Crippen LogP contribution is 1.66. The van der Waals surface area contributed by atoms with Gasteiger partial charge < -0.3 is 10.2 Å². The van der Waals surface area contributed by atoms with E-state index in [2.05, 4.69) is 17.8 Å². The first kappa shape index (κ1) is 21.9. The molecule has 0 saturated heterocycles. The van der Waals surface area contributed by atoms with Gasteiger partial charge in [-0.1, -0.05) is 11.8 Å². The lowest BCUT2D eigenvalue weighted by Gasteiger charge is -1.69. The van der Waals surface area contributed by atoms with E-state index in [0.717, 1.165) is 0 Å². The van der Waals surface area contributed by atoms with E-state index < -0.39 is 20.2 Å². The monoisotopic (exact) mass is 302 g/mol. The van der Waals surface area contributed by atoms with Crippen LogP contribution >= 0.6 is 0 Å². The molecule has 10 heteroatoms. The maximum Gasteiger partial charge on any atom is 0.261 e. The minimum absolute atomic E-state index is 0.146. The van der Waals surface area contributed by atoms with Crippen molar-refractivity contribution in [2.45, 2.75) is 6.42 Å². The summed E-state index contributed by atoms with van der Waals surface area (Å²) in [6.07, 6.45) is 3.44. The van der Waals surface area contributed by atoms with E-state index >= 15 is 0 Å². The molecule has 106 valence electrons. The predicted molar refractivity (Wildman–Crippen MR) is 64.1 cm³/mol. The zero-order valence-corrected chi connectivity index (χ0v) is 11.3. The molecule has 0 aliphatic carbocycles. The van der Waals surface area contributed by atoms with Crippen molar-refractivity contribution in [3.8, 4) is 23.9 Å². The van der Waals surface area contributed by atoms with Crippen molar-refractivity contribution in [2.24, 2.45) is 0 Å². The largest absolute Gasteiger partial charge is 0.462 e.